The van der Waals surface area contributed by atoms with Gasteiger partial charge in [-0.15, -0.1) is 11.3 Å². The van der Waals surface area contributed by atoms with E-state index in [1.165, 1.54) is 11.3 Å². The number of piperidine rings is 1. The smallest absolute Gasteiger partial charge is 0.273 e. The summed E-state index contributed by atoms with van der Waals surface area (Å²) in [5, 5.41) is 3.58. The number of nitrogens with zero attached hydrogens (tertiary/aromatic N) is 2. The Balaban J connectivity index is 1.82. The first-order chi connectivity index (χ1) is 10.5. The Morgan fingerprint density at radius 3 is 2.95 bits per heavy atom. The Labute approximate surface area is 142 Å². The van der Waals surface area contributed by atoms with Gasteiger partial charge in [0.05, 0.1) is 5.02 Å². The Bertz CT molecular complexity index is 704. The summed E-state index contributed by atoms with van der Waals surface area (Å²) in [6.45, 7) is 1.33. The predicted octanol–water partition coefficient (Wildman–Crippen LogP) is 3.68. The molecule has 1 aromatic carbocycles. The van der Waals surface area contributed by atoms with Crippen LogP contribution in [0.4, 0.5) is 0 Å². The molecule has 2 N–H and O–H groups in total. The van der Waals surface area contributed by atoms with Crippen LogP contribution in [0.25, 0.3) is 10.6 Å². The molecule has 7 heteroatoms. The third-order valence-electron chi connectivity index (χ3n) is 3.63. The number of aromatic nitrogens is 1. The number of nitrogens with two attached hydrogens (primary N) is 1. The first-order valence-corrected chi connectivity index (χ1v) is 8.64. The number of carbonyl (C=O) groups excluding carboxylic acids is 1. The lowest BCUT2D eigenvalue weighted by Crippen LogP contribution is -2.45. The summed E-state index contributed by atoms with van der Waals surface area (Å²) in [6, 6.07) is 5.30. The number of thiazole rings is 1. The fourth-order valence-electron chi connectivity index (χ4n) is 2.52. The maximum atomic E-state index is 12.5. The molecule has 1 aliphatic heterocycles. The predicted molar refractivity (Wildman–Crippen MR) is 90.7 cm³/mol. The second-order valence-electron chi connectivity index (χ2n) is 5.32. The topological polar surface area (TPSA) is 59.2 Å². The van der Waals surface area contributed by atoms with Gasteiger partial charge in [0, 0.05) is 35.1 Å². The van der Waals surface area contributed by atoms with Crippen molar-refractivity contribution in [1.29, 1.82) is 0 Å². The Morgan fingerprint density at radius 1 is 1.41 bits per heavy atom. The van der Waals surface area contributed by atoms with Gasteiger partial charge in [-0.1, -0.05) is 23.2 Å². The van der Waals surface area contributed by atoms with E-state index >= 15 is 0 Å². The zero-order valence-electron chi connectivity index (χ0n) is 11.8. The number of benzene rings is 1. The van der Waals surface area contributed by atoms with Crippen molar-refractivity contribution >= 4 is 40.4 Å². The largest absolute Gasteiger partial charge is 0.336 e. The summed E-state index contributed by atoms with van der Waals surface area (Å²) in [6.07, 6.45) is 1.90. The molecule has 1 saturated heterocycles. The summed E-state index contributed by atoms with van der Waals surface area (Å²) in [4.78, 5) is 18.7. The average molecular weight is 356 g/mol. The monoisotopic (exact) mass is 355 g/mol. The molecule has 116 valence electrons. The molecule has 0 radical (unpaired) electrons. The third kappa shape index (κ3) is 3.27. The highest BCUT2D eigenvalue weighted by atomic mass is 35.5. The lowest BCUT2D eigenvalue weighted by atomic mass is 10.1. The molecule has 1 atom stereocenters. The van der Waals surface area contributed by atoms with Gasteiger partial charge in [0.25, 0.3) is 5.91 Å². The van der Waals surface area contributed by atoms with Crippen LogP contribution in [0.1, 0.15) is 23.3 Å². The fourth-order valence-corrected chi connectivity index (χ4v) is 3.90. The molecule has 1 unspecified atom stereocenters. The summed E-state index contributed by atoms with van der Waals surface area (Å²) in [5.74, 6) is -0.0669. The van der Waals surface area contributed by atoms with Crippen molar-refractivity contribution < 1.29 is 4.79 Å². The van der Waals surface area contributed by atoms with Gasteiger partial charge in [-0.25, -0.2) is 4.98 Å². The van der Waals surface area contributed by atoms with Gasteiger partial charge in [0.15, 0.2) is 0 Å². The lowest BCUT2D eigenvalue weighted by molar-refractivity contribution is 0.0704. The number of likely N-dealkylation sites (tertiary alicyclic amines) is 1. The summed E-state index contributed by atoms with van der Waals surface area (Å²) in [7, 11) is 0. The van der Waals surface area contributed by atoms with Crippen LogP contribution >= 0.6 is 34.5 Å². The van der Waals surface area contributed by atoms with Gasteiger partial charge in [-0.2, -0.15) is 0 Å². The van der Waals surface area contributed by atoms with E-state index in [0.717, 1.165) is 24.9 Å². The maximum Gasteiger partial charge on any atom is 0.273 e. The molecule has 3 rings (SSSR count). The maximum absolute atomic E-state index is 12.5. The van der Waals surface area contributed by atoms with Crippen molar-refractivity contribution in [3.63, 3.8) is 0 Å². The molecule has 1 aromatic heterocycles. The van der Waals surface area contributed by atoms with Crippen LogP contribution in [0, 0.1) is 0 Å². The van der Waals surface area contributed by atoms with E-state index in [1.807, 2.05) is 6.07 Å². The van der Waals surface area contributed by atoms with Crippen molar-refractivity contribution in [2.24, 2.45) is 5.73 Å². The van der Waals surface area contributed by atoms with E-state index < -0.39 is 0 Å². The standard InChI is InChI=1S/C15H15Cl2N3OS/c16-9-3-4-11(12(17)6-9)14-19-13(8-22-14)15(21)20-5-1-2-10(18)7-20/h3-4,6,8,10H,1-2,5,7,18H2. The van der Waals surface area contributed by atoms with Crippen molar-refractivity contribution in [2.45, 2.75) is 18.9 Å². The molecular weight excluding hydrogens is 341 g/mol. The molecule has 0 spiro atoms. The minimum absolute atomic E-state index is 0.0570. The van der Waals surface area contributed by atoms with Crippen molar-refractivity contribution in [3.8, 4) is 10.6 Å². The van der Waals surface area contributed by atoms with Gasteiger partial charge in [-0.3, -0.25) is 4.79 Å². The summed E-state index contributed by atoms with van der Waals surface area (Å²) in [5.41, 5.74) is 7.16. The number of carbonyl (C=O) groups is 1. The molecule has 0 aliphatic carbocycles. The fraction of sp³-hybridized carbons (Fsp3) is 0.333. The minimum atomic E-state index is -0.0669. The van der Waals surface area contributed by atoms with Crippen LogP contribution in [0.15, 0.2) is 23.6 Å². The summed E-state index contributed by atoms with van der Waals surface area (Å²) < 4.78 is 0. The third-order valence-corrected chi connectivity index (χ3v) is 5.05. The molecular formula is C15H15Cl2N3OS. The van der Waals surface area contributed by atoms with Crippen molar-refractivity contribution in [3.05, 3.63) is 39.3 Å². The second-order valence-corrected chi connectivity index (χ2v) is 7.02. The minimum Gasteiger partial charge on any atom is -0.336 e. The van der Waals surface area contributed by atoms with Crippen LogP contribution in [0.5, 0.6) is 0 Å². The van der Waals surface area contributed by atoms with E-state index in [4.69, 9.17) is 28.9 Å². The van der Waals surface area contributed by atoms with E-state index in [-0.39, 0.29) is 11.9 Å². The Hall–Kier alpha value is -1.14. The van der Waals surface area contributed by atoms with E-state index in [9.17, 15) is 4.79 Å². The first-order valence-electron chi connectivity index (χ1n) is 7.00. The lowest BCUT2D eigenvalue weighted by Gasteiger charge is -2.30. The molecule has 22 heavy (non-hydrogen) atoms. The van der Waals surface area contributed by atoms with Gasteiger partial charge in [-0.05, 0) is 31.0 Å². The van der Waals surface area contributed by atoms with Gasteiger partial charge < -0.3 is 10.6 Å². The van der Waals surface area contributed by atoms with Crippen LogP contribution in [0.3, 0.4) is 0 Å². The van der Waals surface area contributed by atoms with Crippen molar-refractivity contribution in [1.82, 2.24) is 9.88 Å². The number of halogens is 2. The molecule has 1 fully saturated rings. The highest BCUT2D eigenvalue weighted by Gasteiger charge is 2.24. The molecule has 0 saturated carbocycles. The Morgan fingerprint density at radius 2 is 2.23 bits per heavy atom. The number of amides is 1. The molecule has 1 amide bonds. The number of hydrogen-bond donors (Lipinski definition) is 1. The number of hydrogen-bond acceptors (Lipinski definition) is 4. The van der Waals surface area contributed by atoms with Crippen LogP contribution < -0.4 is 5.73 Å². The number of rotatable bonds is 2. The van der Waals surface area contributed by atoms with E-state index in [2.05, 4.69) is 4.98 Å². The normalized spacial score (nSPS) is 18.5. The van der Waals surface area contributed by atoms with Gasteiger partial charge >= 0.3 is 0 Å². The van der Waals surface area contributed by atoms with Crippen LogP contribution in [-0.4, -0.2) is 34.9 Å². The highest BCUT2D eigenvalue weighted by molar-refractivity contribution is 7.13. The van der Waals surface area contributed by atoms with E-state index in [1.54, 1.807) is 22.4 Å². The van der Waals surface area contributed by atoms with Gasteiger partial charge in [0.2, 0.25) is 0 Å². The van der Waals surface area contributed by atoms with Gasteiger partial charge in [0.1, 0.15) is 10.7 Å². The van der Waals surface area contributed by atoms with Crippen LogP contribution in [0.2, 0.25) is 10.0 Å². The SMILES string of the molecule is NC1CCCN(C(=O)c2csc(-c3ccc(Cl)cc3Cl)n2)C1. The molecule has 1 aliphatic rings. The Kier molecular flexibility index (Phi) is 4.68. The average Bonchev–Trinajstić information content (AvgIpc) is 2.96. The molecule has 2 heterocycles. The molecule has 4 nitrogen and oxygen atoms in total. The quantitative estimate of drug-likeness (QED) is 0.893. The van der Waals surface area contributed by atoms with Crippen molar-refractivity contribution in [2.75, 3.05) is 13.1 Å². The summed E-state index contributed by atoms with van der Waals surface area (Å²) >= 11 is 13.5. The zero-order chi connectivity index (χ0) is 15.7. The second kappa shape index (κ2) is 6.54. The highest BCUT2D eigenvalue weighted by Crippen LogP contribution is 2.32. The first kappa shape index (κ1) is 15.7. The molecule has 0 bridgehead atoms. The molecule has 2 aromatic rings. The zero-order valence-corrected chi connectivity index (χ0v) is 14.1. The van der Waals surface area contributed by atoms with Crippen LogP contribution in [-0.2, 0) is 0 Å². The van der Waals surface area contributed by atoms with E-state index in [0.29, 0.717) is 27.3 Å².